The molecule has 0 aliphatic heterocycles. The second kappa shape index (κ2) is 7.45. The third kappa shape index (κ3) is 3.93. The lowest BCUT2D eigenvalue weighted by Crippen LogP contribution is -2.04. The fourth-order valence-corrected chi connectivity index (χ4v) is 2.47. The van der Waals surface area contributed by atoms with E-state index in [1.807, 2.05) is 6.92 Å². The van der Waals surface area contributed by atoms with E-state index in [0.29, 0.717) is 5.56 Å². The van der Waals surface area contributed by atoms with Crippen molar-refractivity contribution in [3.05, 3.63) is 47.6 Å². The Morgan fingerprint density at radius 2 is 2.05 bits per heavy atom. The van der Waals surface area contributed by atoms with Crippen LogP contribution in [0.3, 0.4) is 0 Å². The molecule has 1 aliphatic rings. The quantitative estimate of drug-likeness (QED) is 0.583. The van der Waals surface area contributed by atoms with Gasteiger partial charge in [-0.15, -0.1) is 13.0 Å². The Labute approximate surface area is 121 Å². The maximum absolute atomic E-state index is 9.96. The number of hydrogen-bond donors (Lipinski definition) is 2. The Bertz CT molecular complexity index is 547. The zero-order valence-electron chi connectivity index (χ0n) is 12.2. The fraction of sp³-hybridized carbons (Fsp3) is 0.333. The van der Waals surface area contributed by atoms with E-state index in [9.17, 15) is 10.2 Å². The maximum Gasteiger partial charge on any atom is 0.124 e. The molecule has 0 saturated heterocycles. The normalized spacial score (nSPS) is 17.2. The average molecular weight is 270 g/mol. The van der Waals surface area contributed by atoms with Gasteiger partial charge < -0.3 is 10.2 Å². The lowest BCUT2D eigenvalue weighted by molar-refractivity contribution is 0.441. The average Bonchev–Trinajstić information content (AvgIpc) is 2.38. The largest absolute Gasteiger partial charge is 0.508 e. The third-order valence-electron chi connectivity index (χ3n) is 3.24. The van der Waals surface area contributed by atoms with Gasteiger partial charge >= 0.3 is 0 Å². The Balaban J connectivity index is 0.000000612. The summed E-state index contributed by atoms with van der Waals surface area (Å²) in [6, 6.07) is 2.89. The van der Waals surface area contributed by atoms with Crippen molar-refractivity contribution in [1.82, 2.24) is 0 Å². The maximum atomic E-state index is 9.96. The molecule has 1 unspecified atom stereocenters. The molecule has 0 heterocycles. The smallest absolute Gasteiger partial charge is 0.124 e. The summed E-state index contributed by atoms with van der Waals surface area (Å²) in [5.74, 6) is 2.80. The standard InChI is InChI=1S/C15H16O2.C3H6/c1-3-11-8-13(16)9-14(17)15(11)12-6-4-5-10(2)7-12;1-3-2/h1,7-9,12,16-17H,4-6H2,2H3;3H,1H2,2H3. The van der Waals surface area contributed by atoms with Gasteiger partial charge in [-0.05, 0) is 39.2 Å². The van der Waals surface area contributed by atoms with Crippen LogP contribution >= 0.6 is 0 Å². The molecule has 0 amide bonds. The molecule has 1 aromatic carbocycles. The molecule has 1 aliphatic carbocycles. The fourth-order valence-electron chi connectivity index (χ4n) is 2.47. The zero-order chi connectivity index (χ0) is 15.1. The highest BCUT2D eigenvalue weighted by atomic mass is 16.3. The molecule has 0 spiro atoms. The summed E-state index contributed by atoms with van der Waals surface area (Å²) in [5.41, 5.74) is 2.68. The molecule has 2 heteroatoms. The summed E-state index contributed by atoms with van der Waals surface area (Å²) >= 11 is 0. The summed E-state index contributed by atoms with van der Waals surface area (Å²) in [6.45, 7) is 7.35. The number of benzene rings is 1. The molecule has 20 heavy (non-hydrogen) atoms. The number of phenols is 2. The van der Waals surface area contributed by atoms with Crippen molar-refractivity contribution < 1.29 is 10.2 Å². The lowest BCUT2D eigenvalue weighted by Gasteiger charge is -2.22. The van der Waals surface area contributed by atoms with Gasteiger partial charge in [-0.25, -0.2) is 0 Å². The van der Waals surface area contributed by atoms with Gasteiger partial charge in [0.05, 0.1) is 0 Å². The lowest BCUT2D eigenvalue weighted by atomic mass is 9.83. The molecule has 0 aromatic heterocycles. The van der Waals surface area contributed by atoms with Crippen molar-refractivity contribution >= 4 is 0 Å². The summed E-state index contributed by atoms with van der Waals surface area (Å²) in [4.78, 5) is 0. The molecule has 106 valence electrons. The van der Waals surface area contributed by atoms with E-state index in [4.69, 9.17) is 6.42 Å². The number of aromatic hydroxyl groups is 2. The SMILES string of the molecule is C#Cc1cc(O)cc(O)c1C1C=C(C)CCC1.C=CC. The summed E-state index contributed by atoms with van der Waals surface area (Å²) < 4.78 is 0. The first-order chi connectivity index (χ1) is 9.53. The van der Waals surface area contributed by atoms with Crippen molar-refractivity contribution in [2.45, 2.75) is 39.0 Å². The predicted molar refractivity (Wildman–Crippen MR) is 83.9 cm³/mol. The van der Waals surface area contributed by atoms with E-state index in [1.165, 1.54) is 17.7 Å². The Kier molecular flexibility index (Phi) is 5.93. The highest BCUT2D eigenvalue weighted by Crippen LogP contribution is 2.39. The van der Waals surface area contributed by atoms with E-state index in [1.54, 1.807) is 6.08 Å². The second-order valence-corrected chi connectivity index (χ2v) is 4.99. The number of hydrogen-bond acceptors (Lipinski definition) is 2. The van der Waals surface area contributed by atoms with Crippen LogP contribution in [0.1, 0.15) is 50.2 Å². The molecule has 0 saturated carbocycles. The van der Waals surface area contributed by atoms with Gasteiger partial charge in [0.25, 0.3) is 0 Å². The van der Waals surface area contributed by atoms with Crippen LogP contribution in [0.25, 0.3) is 0 Å². The summed E-state index contributed by atoms with van der Waals surface area (Å²) in [7, 11) is 0. The minimum atomic E-state index is 0.00992. The first-order valence-electron chi connectivity index (χ1n) is 6.80. The predicted octanol–water partition coefficient (Wildman–Crippen LogP) is 4.49. The molecule has 1 atom stereocenters. The molecule has 1 aromatic rings. The molecule has 2 N–H and O–H groups in total. The molecule has 0 fully saturated rings. The van der Waals surface area contributed by atoms with Gasteiger partial charge in [-0.1, -0.05) is 23.6 Å². The number of phenolic OH excluding ortho intramolecular Hbond substituents is 2. The van der Waals surface area contributed by atoms with Crippen LogP contribution in [0.4, 0.5) is 0 Å². The highest BCUT2D eigenvalue weighted by Gasteiger charge is 2.20. The van der Waals surface area contributed by atoms with Crippen LogP contribution in [-0.2, 0) is 0 Å². The minimum absolute atomic E-state index is 0.00992. The molecule has 2 nitrogen and oxygen atoms in total. The van der Waals surface area contributed by atoms with Crippen molar-refractivity contribution in [2.24, 2.45) is 0 Å². The van der Waals surface area contributed by atoms with Crippen LogP contribution < -0.4 is 0 Å². The molecule has 2 rings (SSSR count). The van der Waals surface area contributed by atoms with E-state index < -0.39 is 0 Å². The number of allylic oxidation sites excluding steroid dienone is 3. The van der Waals surface area contributed by atoms with E-state index in [-0.39, 0.29) is 17.4 Å². The van der Waals surface area contributed by atoms with Gasteiger partial charge in [-0.2, -0.15) is 0 Å². The summed E-state index contributed by atoms with van der Waals surface area (Å²) in [5, 5.41) is 19.4. The zero-order valence-corrected chi connectivity index (χ0v) is 12.2. The molecular weight excluding hydrogens is 248 g/mol. The Hall–Kier alpha value is -2.14. The third-order valence-corrected chi connectivity index (χ3v) is 3.24. The van der Waals surface area contributed by atoms with Gasteiger partial charge in [-0.3, -0.25) is 0 Å². The minimum Gasteiger partial charge on any atom is -0.508 e. The van der Waals surface area contributed by atoms with Crippen LogP contribution in [0.5, 0.6) is 11.5 Å². The van der Waals surface area contributed by atoms with Crippen molar-refractivity contribution in [1.29, 1.82) is 0 Å². The highest BCUT2D eigenvalue weighted by molar-refractivity contribution is 5.55. The molecule has 0 radical (unpaired) electrons. The number of terminal acetylenes is 1. The van der Waals surface area contributed by atoms with Crippen molar-refractivity contribution in [3.8, 4) is 23.8 Å². The van der Waals surface area contributed by atoms with Crippen molar-refractivity contribution in [3.63, 3.8) is 0 Å². The first kappa shape index (κ1) is 15.9. The monoisotopic (exact) mass is 270 g/mol. The molecular formula is C18H22O2. The van der Waals surface area contributed by atoms with E-state index >= 15 is 0 Å². The van der Waals surface area contributed by atoms with Gasteiger partial charge in [0, 0.05) is 23.1 Å². The first-order valence-corrected chi connectivity index (χ1v) is 6.80. The van der Waals surface area contributed by atoms with Crippen LogP contribution in [0.2, 0.25) is 0 Å². The number of rotatable bonds is 1. The van der Waals surface area contributed by atoms with Crippen molar-refractivity contribution in [2.75, 3.05) is 0 Å². The van der Waals surface area contributed by atoms with E-state index in [2.05, 4.69) is 25.5 Å². The van der Waals surface area contributed by atoms with Gasteiger partial charge in [0.2, 0.25) is 0 Å². The topological polar surface area (TPSA) is 40.5 Å². The van der Waals surface area contributed by atoms with Crippen LogP contribution in [0.15, 0.2) is 36.4 Å². The molecule has 0 bridgehead atoms. The Morgan fingerprint density at radius 1 is 1.40 bits per heavy atom. The second-order valence-electron chi connectivity index (χ2n) is 4.99. The van der Waals surface area contributed by atoms with E-state index in [0.717, 1.165) is 24.8 Å². The Morgan fingerprint density at radius 3 is 2.60 bits per heavy atom. The van der Waals surface area contributed by atoms with Crippen LogP contribution in [0, 0.1) is 12.3 Å². The van der Waals surface area contributed by atoms with Crippen LogP contribution in [-0.4, -0.2) is 10.2 Å². The summed E-state index contributed by atoms with van der Waals surface area (Å²) in [6.07, 6.45) is 12.6. The van der Waals surface area contributed by atoms with Gasteiger partial charge in [0.1, 0.15) is 11.5 Å². The van der Waals surface area contributed by atoms with Gasteiger partial charge in [0.15, 0.2) is 0 Å².